The first-order valence-corrected chi connectivity index (χ1v) is 11.9. The molecule has 0 spiro atoms. The molecule has 2 aromatic heterocycles. The van der Waals surface area contributed by atoms with Crippen molar-refractivity contribution < 1.29 is 0 Å². The van der Waals surface area contributed by atoms with Crippen LogP contribution in [0.25, 0.3) is 0 Å². The highest BCUT2D eigenvalue weighted by Gasteiger charge is 2.23. The zero-order valence-electron chi connectivity index (χ0n) is 19.8. The molecular formula is C24H37Cl2N5O. The summed E-state index contributed by atoms with van der Waals surface area (Å²) < 4.78 is 1.74. The Morgan fingerprint density at radius 2 is 1.72 bits per heavy atom. The molecule has 3 rings (SSSR count). The Morgan fingerprint density at radius 3 is 2.34 bits per heavy atom. The lowest BCUT2D eigenvalue weighted by Gasteiger charge is -2.36. The minimum atomic E-state index is -0.0492. The third-order valence-corrected chi connectivity index (χ3v) is 5.96. The van der Waals surface area contributed by atoms with Crippen LogP contribution in [0.3, 0.4) is 0 Å². The SMILES string of the molecule is CCCc1cc(N2CCN(CCCCn3ccc(Cl)cc3=O)CC2)nc(C(C)(C)C)n1.Cl. The molecule has 0 atom stereocenters. The van der Waals surface area contributed by atoms with E-state index < -0.39 is 0 Å². The first kappa shape index (κ1) is 26.6. The summed E-state index contributed by atoms with van der Waals surface area (Å²) in [5.41, 5.74) is 1.08. The lowest BCUT2D eigenvalue weighted by atomic mass is 9.95. The highest BCUT2D eigenvalue weighted by molar-refractivity contribution is 6.30. The molecule has 32 heavy (non-hydrogen) atoms. The van der Waals surface area contributed by atoms with E-state index in [1.807, 2.05) is 0 Å². The fourth-order valence-corrected chi connectivity index (χ4v) is 4.00. The van der Waals surface area contributed by atoms with Gasteiger partial charge in [0.15, 0.2) is 0 Å². The van der Waals surface area contributed by atoms with Gasteiger partial charge in [0.05, 0.1) is 0 Å². The zero-order valence-corrected chi connectivity index (χ0v) is 21.4. The van der Waals surface area contributed by atoms with Crippen molar-refractivity contribution in [2.75, 3.05) is 37.6 Å². The van der Waals surface area contributed by atoms with Crippen molar-refractivity contribution in [3.63, 3.8) is 0 Å². The van der Waals surface area contributed by atoms with Gasteiger partial charge in [0.25, 0.3) is 5.56 Å². The Labute approximate surface area is 203 Å². The number of piperazine rings is 1. The van der Waals surface area contributed by atoms with Crippen LogP contribution in [0.1, 0.15) is 58.5 Å². The van der Waals surface area contributed by atoms with E-state index in [2.05, 4.69) is 43.6 Å². The molecule has 1 aliphatic heterocycles. The largest absolute Gasteiger partial charge is 0.354 e. The molecule has 0 unspecified atom stereocenters. The van der Waals surface area contributed by atoms with E-state index >= 15 is 0 Å². The Bertz CT molecular complexity index is 917. The number of anilines is 1. The van der Waals surface area contributed by atoms with Crippen LogP contribution in [-0.4, -0.2) is 52.2 Å². The summed E-state index contributed by atoms with van der Waals surface area (Å²) in [7, 11) is 0. The maximum Gasteiger partial charge on any atom is 0.251 e. The third-order valence-electron chi connectivity index (χ3n) is 5.72. The number of hydrogen-bond donors (Lipinski definition) is 0. The van der Waals surface area contributed by atoms with E-state index in [0.717, 1.165) is 82.3 Å². The first-order valence-electron chi connectivity index (χ1n) is 11.5. The second kappa shape index (κ2) is 12.0. The summed E-state index contributed by atoms with van der Waals surface area (Å²) in [6.45, 7) is 14.6. The lowest BCUT2D eigenvalue weighted by molar-refractivity contribution is 0.250. The van der Waals surface area contributed by atoms with Crippen molar-refractivity contribution >= 4 is 29.8 Å². The minimum Gasteiger partial charge on any atom is -0.354 e. The van der Waals surface area contributed by atoms with Crippen LogP contribution in [0.15, 0.2) is 29.2 Å². The fraction of sp³-hybridized carbons (Fsp3) is 0.625. The molecule has 0 bridgehead atoms. The summed E-state index contributed by atoms with van der Waals surface area (Å²) in [6.07, 6.45) is 5.94. The highest BCUT2D eigenvalue weighted by atomic mass is 35.5. The van der Waals surface area contributed by atoms with E-state index in [4.69, 9.17) is 21.6 Å². The third kappa shape index (κ3) is 7.46. The Kier molecular flexibility index (Phi) is 9.99. The molecule has 1 aliphatic rings. The van der Waals surface area contributed by atoms with Gasteiger partial charge in [0.1, 0.15) is 11.6 Å². The number of aromatic nitrogens is 3. The first-order chi connectivity index (χ1) is 14.8. The molecule has 0 radical (unpaired) electrons. The van der Waals surface area contributed by atoms with Crippen molar-refractivity contribution in [3.05, 3.63) is 51.3 Å². The van der Waals surface area contributed by atoms with Gasteiger partial charge in [-0.15, -0.1) is 12.4 Å². The maximum absolute atomic E-state index is 11.9. The predicted octanol–water partition coefficient (Wildman–Crippen LogP) is 4.57. The van der Waals surface area contributed by atoms with Crippen molar-refractivity contribution in [1.82, 2.24) is 19.4 Å². The number of aryl methyl sites for hydroxylation is 2. The van der Waals surface area contributed by atoms with Gasteiger partial charge in [0, 0.05) is 67.2 Å². The molecule has 8 heteroatoms. The highest BCUT2D eigenvalue weighted by Crippen LogP contribution is 2.23. The van der Waals surface area contributed by atoms with Crippen LogP contribution in [0.4, 0.5) is 5.82 Å². The van der Waals surface area contributed by atoms with Crippen molar-refractivity contribution in [2.45, 2.75) is 65.3 Å². The molecule has 0 N–H and O–H groups in total. The number of pyridine rings is 1. The van der Waals surface area contributed by atoms with Crippen LogP contribution in [0.2, 0.25) is 5.02 Å². The molecule has 0 aromatic carbocycles. The topological polar surface area (TPSA) is 54.3 Å². The van der Waals surface area contributed by atoms with Gasteiger partial charge in [-0.3, -0.25) is 9.69 Å². The van der Waals surface area contributed by atoms with Gasteiger partial charge < -0.3 is 9.47 Å². The second-order valence-electron chi connectivity index (χ2n) is 9.45. The summed E-state index contributed by atoms with van der Waals surface area (Å²) in [6, 6.07) is 5.43. The van der Waals surface area contributed by atoms with E-state index in [1.54, 1.807) is 16.8 Å². The van der Waals surface area contributed by atoms with Crippen LogP contribution in [-0.2, 0) is 18.4 Å². The van der Waals surface area contributed by atoms with Crippen LogP contribution in [0, 0.1) is 0 Å². The standard InChI is InChI=1S/C24H36ClN5O.ClH/c1-5-8-20-18-21(27-23(26-20)24(2,3)4)29-15-13-28(14-16-29)10-6-7-11-30-12-9-19(25)17-22(30)31;/h9,12,17-18H,5-8,10-11,13-16H2,1-4H3;1H. The van der Waals surface area contributed by atoms with E-state index in [-0.39, 0.29) is 23.4 Å². The molecule has 0 aliphatic carbocycles. The normalized spacial score (nSPS) is 15.0. The molecular weight excluding hydrogens is 445 g/mol. The molecule has 6 nitrogen and oxygen atoms in total. The zero-order chi connectivity index (χ0) is 22.4. The summed E-state index contributed by atoms with van der Waals surface area (Å²) >= 11 is 5.86. The number of halogens is 2. The minimum absolute atomic E-state index is 0. The molecule has 2 aromatic rings. The summed E-state index contributed by atoms with van der Waals surface area (Å²) in [5, 5.41) is 0.499. The molecule has 3 heterocycles. The molecule has 1 fully saturated rings. The average molecular weight is 483 g/mol. The maximum atomic E-state index is 11.9. The number of rotatable bonds is 8. The van der Waals surface area contributed by atoms with E-state index in [9.17, 15) is 4.79 Å². The van der Waals surface area contributed by atoms with Crippen LogP contribution in [0.5, 0.6) is 0 Å². The van der Waals surface area contributed by atoms with Gasteiger partial charge >= 0.3 is 0 Å². The smallest absolute Gasteiger partial charge is 0.251 e. The quantitative estimate of drug-likeness (QED) is 0.516. The number of nitrogens with zero attached hydrogens (tertiary/aromatic N) is 5. The monoisotopic (exact) mass is 481 g/mol. The lowest BCUT2D eigenvalue weighted by Crippen LogP contribution is -2.47. The van der Waals surface area contributed by atoms with Gasteiger partial charge in [0.2, 0.25) is 0 Å². The second-order valence-corrected chi connectivity index (χ2v) is 9.89. The van der Waals surface area contributed by atoms with Gasteiger partial charge in [-0.25, -0.2) is 9.97 Å². The Balaban J connectivity index is 0.00000363. The molecule has 1 saturated heterocycles. The van der Waals surface area contributed by atoms with Gasteiger partial charge in [-0.2, -0.15) is 0 Å². The van der Waals surface area contributed by atoms with Gasteiger partial charge in [-0.1, -0.05) is 45.7 Å². The Hall–Kier alpha value is -1.63. The van der Waals surface area contributed by atoms with Crippen molar-refractivity contribution in [3.8, 4) is 0 Å². The van der Waals surface area contributed by atoms with E-state index in [0.29, 0.717) is 5.02 Å². The number of hydrogen-bond acceptors (Lipinski definition) is 5. The molecule has 178 valence electrons. The fourth-order valence-electron chi connectivity index (χ4n) is 3.85. The Morgan fingerprint density at radius 1 is 1.03 bits per heavy atom. The molecule has 0 saturated carbocycles. The van der Waals surface area contributed by atoms with Crippen molar-refractivity contribution in [1.29, 1.82) is 0 Å². The van der Waals surface area contributed by atoms with Gasteiger partial charge in [-0.05, 0) is 31.9 Å². The van der Waals surface area contributed by atoms with E-state index in [1.165, 1.54) is 6.07 Å². The van der Waals surface area contributed by atoms with Crippen LogP contribution >= 0.6 is 24.0 Å². The van der Waals surface area contributed by atoms with Crippen molar-refractivity contribution in [2.24, 2.45) is 0 Å². The summed E-state index contributed by atoms with van der Waals surface area (Å²) in [5.74, 6) is 2.01. The average Bonchev–Trinajstić information content (AvgIpc) is 2.72. The van der Waals surface area contributed by atoms with Crippen LogP contribution < -0.4 is 10.5 Å². The predicted molar refractivity (Wildman–Crippen MR) is 136 cm³/mol. The molecule has 0 amide bonds. The summed E-state index contributed by atoms with van der Waals surface area (Å²) in [4.78, 5) is 26.6. The number of unbranched alkanes of at least 4 members (excludes halogenated alkanes) is 1.